The standard InChI is InChI=1S/C21H23F5N2O/c1-29-19(17-10-6-3-7-11-17)13-12-18(20(22,23)21(24,25)26)15-28(19)27-14-16-8-4-2-5-9-16/h2-11,18,27H,12-15H2,1H3. The fourth-order valence-electron chi connectivity index (χ4n) is 3.80. The number of hydrazine groups is 1. The molecule has 0 radical (unpaired) electrons. The Balaban J connectivity index is 1.91. The molecule has 2 unspecified atom stereocenters. The number of piperidine rings is 1. The molecule has 3 nitrogen and oxygen atoms in total. The van der Waals surface area contributed by atoms with Crippen molar-refractivity contribution in [3.05, 3.63) is 71.8 Å². The number of nitrogens with one attached hydrogen (secondary N) is 1. The number of halogens is 5. The fraction of sp³-hybridized carbons (Fsp3) is 0.429. The SMILES string of the molecule is COC1(c2ccccc2)CCC(C(F)(F)C(F)(F)F)CN1NCc1ccccc1. The highest BCUT2D eigenvalue weighted by molar-refractivity contribution is 5.23. The van der Waals surface area contributed by atoms with E-state index in [9.17, 15) is 22.0 Å². The zero-order chi connectivity index (χ0) is 21.1. The molecule has 1 aliphatic rings. The predicted molar refractivity (Wildman–Crippen MR) is 98.8 cm³/mol. The van der Waals surface area contributed by atoms with Crippen LogP contribution in [0.1, 0.15) is 24.0 Å². The molecule has 1 aliphatic heterocycles. The average Bonchev–Trinajstić information content (AvgIpc) is 2.72. The Labute approximate surface area is 166 Å². The molecule has 0 aromatic heterocycles. The summed E-state index contributed by atoms with van der Waals surface area (Å²) in [6, 6.07) is 18.1. The third-order valence-corrected chi connectivity index (χ3v) is 5.44. The van der Waals surface area contributed by atoms with Gasteiger partial charge in [0.05, 0.1) is 0 Å². The molecule has 3 rings (SSSR count). The Kier molecular flexibility index (Phi) is 6.26. The van der Waals surface area contributed by atoms with E-state index in [-0.39, 0.29) is 19.4 Å². The lowest BCUT2D eigenvalue weighted by molar-refractivity contribution is -0.319. The van der Waals surface area contributed by atoms with Gasteiger partial charge in [-0.05, 0) is 24.0 Å². The van der Waals surface area contributed by atoms with Crippen molar-refractivity contribution in [3.8, 4) is 0 Å². The molecule has 2 atom stereocenters. The van der Waals surface area contributed by atoms with Crippen molar-refractivity contribution in [1.29, 1.82) is 0 Å². The molecule has 1 fully saturated rings. The zero-order valence-electron chi connectivity index (χ0n) is 15.9. The zero-order valence-corrected chi connectivity index (χ0v) is 15.9. The first kappa shape index (κ1) is 21.7. The van der Waals surface area contributed by atoms with E-state index < -0.39 is 30.3 Å². The summed E-state index contributed by atoms with van der Waals surface area (Å²) in [6.07, 6.45) is -5.92. The van der Waals surface area contributed by atoms with Gasteiger partial charge in [0.25, 0.3) is 0 Å². The second-order valence-electron chi connectivity index (χ2n) is 7.14. The van der Waals surface area contributed by atoms with Crippen molar-refractivity contribution in [2.24, 2.45) is 5.92 Å². The van der Waals surface area contributed by atoms with Crippen LogP contribution in [0.25, 0.3) is 0 Å². The quantitative estimate of drug-likeness (QED) is 0.666. The number of hydrogen-bond donors (Lipinski definition) is 1. The van der Waals surface area contributed by atoms with Gasteiger partial charge in [0.15, 0.2) is 5.72 Å². The largest absolute Gasteiger partial charge is 0.453 e. The summed E-state index contributed by atoms with van der Waals surface area (Å²) in [5.74, 6) is -6.66. The van der Waals surface area contributed by atoms with E-state index in [2.05, 4.69) is 5.43 Å². The van der Waals surface area contributed by atoms with Gasteiger partial charge < -0.3 is 4.74 Å². The Bertz CT molecular complexity index is 785. The Morgan fingerprint density at radius 3 is 2.14 bits per heavy atom. The number of rotatable bonds is 6. The normalized spacial score (nSPS) is 23.9. The van der Waals surface area contributed by atoms with Crippen LogP contribution in [0.15, 0.2) is 60.7 Å². The molecule has 0 bridgehead atoms. The highest BCUT2D eigenvalue weighted by atomic mass is 19.4. The van der Waals surface area contributed by atoms with Crippen LogP contribution in [0, 0.1) is 5.92 Å². The lowest BCUT2D eigenvalue weighted by Gasteiger charge is -2.49. The molecule has 0 saturated carbocycles. The van der Waals surface area contributed by atoms with Crippen molar-refractivity contribution >= 4 is 0 Å². The third-order valence-electron chi connectivity index (χ3n) is 5.44. The third kappa shape index (κ3) is 4.29. The van der Waals surface area contributed by atoms with E-state index >= 15 is 0 Å². The maximum Gasteiger partial charge on any atom is 0.453 e. The first-order chi connectivity index (χ1) is 13.7. The second kappa shape index (κ2) is 8.38. The van der Waals surface area contributed by atoms with E-state index in [1.54, 1.807) is 30.3 Å². The van der Waals surface area contributed by atoms with E-state index in [4.69, 9.17) is 4.74 Å². The maximum atomic E-state index is 14.1. The van der Waals surface area contributed by atoms with Crippen LogP contribution in [0.4, 0.5) is 22.0 Å². The molecule has 0 spiro atoms. The average molecular weight is 414 g/mol. The molecule has 1 saturated heterocycles. The van der Waals surface area contributed by atoms with Gasteiger partial charge >= 0.3 is 12.1 Å². The van der Waals surface area contributed by atoms with Gasteiger partial charge in [0.1, 0.15) is 0 Å². The second-order valence-corrected chi connectivity index (χ2v) is 7.14. The summed E-state index contributed by atoms with van der Waals surface area (Å²) in [7, 11) is 1.44. The maximum absolute atomic E-state index is 14.1. The van der Waals surface area contributed by atoms with Crippen molar-refractivity contribution in [2.75, 3.05) is 13.7 Å². The number of methoxy groups -OCH3 is 1. The smallest absolute Gasteiger partial charge is 0.358 e. The van der Waals surface area contributed by atoms with Crippen molar-refractivity contribution in [1.82, 2.24) is 10.4 Å². The molecule has 2 aromatic rings. The van der Waals surface area contributed by atoms with Crippen LogP contribution in [0.3, 0.4) is 0 Å². The summed E-state index contributed by atoms with van der Waals surface area (Å²) in [5.41, 5.74) is 3.46. The molecule has 158 valence electrons. The van der Waals surface area contributed by atoms with Crippen LogP contribution < -0.4 is 5.43 Å². The van der Waals surface area contributed by atoms with Gasteiger partial charge in [0, 0.05) is 26.1 Å². The molecule has 0 aliphatic carbocycles. The number of alkyl halides is 5. The van der Waals surface area contributed by atoms with Crippen molar-refractivity contribution in [2.45, 2.75) is 37.2 Å². The van der Waals surface area contributed by atoms with Crippen LogP contribution in [-0.2, 0) is 17.0 Å². The molecule has 2 aromatic carbocycles. The summed E-state index contributed by atoms with van der Waals surface area (Å²) >= 11 is 0. The van der Waals surface area contributed by atoms with Crippen LogP contribution in [0.2, 0.25) is 0 Å². The van der Waals surface area contributed by atoms with Crippen LogP contribution >= 0.6 is 0 Å². The van der Waals surface area contributed by atoms with Gasteiger partial charge in [-0.2, -0.15) is 22.0 Å². The number of hydrogen-bond acceptors (Lipinski definition) is 3. The van der Waals surface area contributed by atoms with E-state index in [1.165, 1.54) is 12.1 Å². The van der Waals surface area contributed by atoms with E-state index in [0.717, 1.165) is 5.56 Å². The van der Waals surface area contributed by atoms with Gasteiger partial charge in [-0.3, -0.25) is 0 Å². The van der Waals surface area contributed by atoms with Gasteiger partial charge in [-0.1, -0.05) is 60.7 Å². The first-order valence-corrected chi connectivity index (χ1v) is 9.31. The molecule has 29 heavy (non-hydrogen) atoms. The molecule has 1 heterocycles. The molecule has 1 N–H and O–H groups in total. The van der Waals surface area contributed by atoms with Crippen LogP contribution in [-0.4, -0.2) is 30.8 Å². The monoisotopic (exact) mass is 414 g/mol. The van der Waals surface area contributed by atoms with E-state index in [1.807, 2.05) is 30.3 Å². The van der Waals surface area contributed by atoms with Crippen LogP contribution in [0.5, 0.6) is 0 Å². The van der Waals surface area contributed by atoms with Crippen molar-refractivity contribution in [3.63, 3.8) is 0 Å². The van der Waals surface area contributed by atoms with Gasteiger partial charge in [-0.25, -0.2) is 10.4 Å². The van der Waals surface area contributed by atoms with Gasteiger partial charge in [-0.15, -0.1) is 0 Å². The minimum atomic E-state index is -5.59. The molecule has 0 amide bonds. The fourth-order valence-corrected chi connectivity index (χ4v) is 3.80. The summed E-state index contributed by atoms with van der Waals surface area (Å²) in [4.78, 5) is 0. The number of benzene rings is 2. The Morgan fingerprint density at radius 2 is 1.59 bits per heavy atom. The summed E-state index contributed by atoms with van der Waals surface area (Å²) < 4.78 is 72.9. The molecule has 8 heteroatoms. The number of nitrogens with zero attached hydrogens (tertiary/aromatic N) is 1. The lowest BCUT2D eigenvalue weighted by atomic mass is 9.83. The predicted octanol–water partition coefficient (Wildman–Crippen LogP) is 5.10. The minimum absolute atomic E-state index is 0.00829. The lowest BCUT2D eigenvalue weighted by Crippen LogP contribution is -2.62. The highest BCUT2D eigenvalue weighted by Gasteiger charge is 2.64. The minimum Gasteiger partial charge on any atom is -0.358 e. The number of ether oxygens (including phenoxy) is 1. The topological polar surface area (TPSA) is 24.5 Å². The van der Waals surface area contributed by atoms with Crippen molar-refractivity contribution < 1.29 is 26.7 Å². The summed E-state index contributed by atoms with van der Waals surface area (Å²) in [5, 5.41) is 1.39. The highest BCUT2D eigenvalue weighted by Crippen LogP contribution is 2.48. The summed E-state index contributed by atoms with van der Waals surface area (Å²) in [6.45, 7) is -0.245. The Hall–Kier alpha value is -2.03. The van der Waals surface area contributed by atoms with E-state index in [0.29, 0.717) is 5.56 Å². The molecular weight excluding hydrogens is 391 g/mol. The Morgan fingerprint density at radius 1 is 1.00 bits per heavy atom. The first-order valence-electron chi connectivity index (χ1n) is 9.31. The molecular formula is C21H23F5N2O. The van der Waals surface area contributed by atoms with Gasteiger partial charge in [0.2, 0.25) is 0 Å².